The fraction of sp³-hybridized carbons (Fsp3) is 0.368. The first-order valence-electron chi connectivity index (χ1n) is 9.12. The van der Waals surface area contributed by atoms with Gasteiger partial charge >= 0.3 is 0 Å². The van der Waals surface area contributed by atoms with Gasteiger partial charge in [-0.25, -0.2) is 0 Å². The first kappa shape index (κ1) is 17.3. The average Bonchev–Trinajstić information content (AvgIpc) is 3.35. The molecule has 4 heterocycles. The number of rotatable bonds is 5. The SMILES string of the molecule is CN(C)c1nc(CNC(=O)c2cc3ccccn3c2)nc(N2CCCC2)n1. The minimum Gasteiger partial charge on any atom is -0.347 e. The molecular weight excluding hydrogens is 342 g/mol. The summed E-state index contributed by atoms with van der Waals surface area (Å²) in [6, 6.07) is 7.71. The van der Waals surface area contributed by atoms with E-state index in [4.69, 9.17) is 0 Å². The molecule has 0 unspecified atom stereocenters. The Balaban J connectivity index is 1.51. The Bertz CT molecular complexity index is 927. The van der Waals surface area contributed by atoms with Gasteiger partial charge in [0.1, 0.15) is 0 Å². The fourth-order valence-electron chi connectivity index (χ4n) is 3.17. The molecule has 1 aliphatic rings. The highest BCUT2D eigenvalue weighted by molar-refractivity contribution is 5.95. The largest absolute Gasteiger partial charge is 0.347 e. The second-order valence-electron chi connectivity index (χ2n) is 6.88. The van der Waals surface area contributed by atoms with Gasteiger partial charge in [-0.3, -0.25) is 4.79 Å². The summed E-state index contributed by atoms with van der Waals surface area (Å²) in [6.07, 6.45) is 6.04. The van der Waals surface area contributed by atoms with Crippen molar-refractivity contribution in [1.82, 2.24) is 24.7 Å². The number of nitrogens with one attached hydrogen (secondary N) is 1. The number of carbonyl (C=O) groups is 1. The Labute approximate surface area is 157 Å². The summed E-state index contributed by atoms with van der Waals surface area (Å²) in [5.74, 6) is 1.71. The molecule has 0 bridgehead atoms. The number of nitrogens with zero attached hydrogens (tertiary/aromatic N) is 6. The molecule has 1 amide bonds. The normalized spacial score (nSPS) is 13.9. The van der Waals surface area contributed by atoms with Crippen LogP contribution in [-0.2, 0) is 6.54 Å². The Morgan fingerprint density at radius 1 is 1.19 bits per heavy atom. The second-order valence-corrected chi connectivity index (χ2v) is 6.88. The molecule has 3 aromatic heterocycles. The molecular formula is C19H23N7O. The van der Waals surface area contributed by atoms with Gasteiger partial charge in [0, 0.05) is 45.1 Å². The molecule has 27 heavy (non-hydrogen) atoms. The van der Waals surface area contributed by atoms with Crippen LogP contribution in [0.4, 0.5) is 11.9 Å². The van der Waals surface area contributed by atoms with Gasteiger partial charge in [-0.05, 0) is 31.0 Å². The highest BCUT2D eigenvalue weighted by atomic mass is 16.1. The van der Waals surface area contributed by atoms with Gasteiger partial charge in [-0.2, -0.15) is 15.0 Å². The number of anilines is 2. The van der Waals surface area contributed by atoms with Crippen LogP contribution >= 0.6 is 0 Å². The highest BCUT2D eigenvalue weighted by Crippen LogP contribution is 2.18. The third kappa shape index (κ3) is 3.69. The molecule has 0 aliphatic carbocycles. The first-order valence-corrected chi connectivity index (χ1v) is 9.12. The molecule has 3 aromatic rings. The van der Waals surface area contributed by atoms with Crippen molar-refractivity contribution in [3.63, 3.8) is 0 Å². The van der Waals surface area contributed by atoms with Crippen molar-refractivity contribution < 1.29 is 4.79 Å². The lowest BCUT2D eigenvalue weighted by Crippen LogP contribution is -2.27. The van der Waals surface area contributed by atoms with Crippen LogP contribution in [0.15, 0.2) is 36.7 Å². The first-order chi connectivity index (χ1) is 13.1. The van der Waals surface area contributed by atoms with Crippen LogP contribution in [0, 0.1) is 0 Å². The van der Waals surface area contributed by atoms with Crippen LogP contribution in [0.3, 0.4) is 0 Å². The van der Waals surface area contributed by atoms with E-state index in [1.165, 1.54) is 0 Å². The van der Waals surface area contributed by atoms with Crippen molar-refractivity contribution >= 4 is 23.3 Å². The number of aromatic nitrogens is 4. The quantitative estimate of drug-likeness (QED) is 0.742. The van der Waals surface area contributed by atoms with Crippen molar-refractivity contribution in [1.29, 1.82) is 0 Å². The maximum absolute atomic E-state index is 12.5. The second kappa shape index (κ2) is 7.22. The van der Waals surface area contributed by atoms with E-state index in [-0.39, 0.29) is 12.5 Å². The fourth-order valence-corrected chi connectivity index (χ4v) is 3.17. The zero-order valence-electron chi connectivity index (χ0n) is 15.6. The van der Waals surface area contributed by atoms with E-state index in [2.05, 4.69) is 25.2 Å². The molecule has 0 saturated carbocycles. The molecule has 0 spiro atoms. The van der Waals surface area contributed by atoms with E-state index < -0.39 is 0 Å². The monoisotopic (exact) mass is 365 g/mol. The van der Waals surface area contributed by atoms with Gasteiger partial charge in [-0.15, -0.1) is 0 Å². The molecule has 4 rings (SSSR count). The van der Waals surface area contributed by atoms with Crippen LogP contribution in [0.25, 0.3) is 5.52 Å². The Hall–Kier alpha value is -3.16. The topological polar surface area (TPSA) is 78.7 Å². The summed E-state index contributed by atoms with van der Waals surface area (Å²) in [5, 5.41) is 2.92. The van der Waals surface area contributed by atoms with E-state index >= 15 is 0 Å². The minimum atomic E-state index is -0.145. The molecule has 0 radical (unpaired) electrons. The predicted molar refractivity (Wildman–Crippen MR) is 104 cm³/mol. The zero-order valence-corrected chi connectivity index (χ0v) is 15.6. The number of hydrogen-bond acceptors (Lipinski definition) is 6. The number of fused-ring (bicyclic) bond motifs is 1. The Kier molecular flexibility index (Phi) is 4.62. The lowest BCUT2D eigenvalue weighted by atomic mass is 10.3. The third-order valence-corrected chi connectivity index (χ3v) is 4.62. The molecule has 1 fully saturated rings. The van der Waals surface area contributed by atoms with Gasteiger partial charge < -0.3 is 19.5 Å². The van der Waals surface area contributed by atoms with E-state index in [1.54, 1.807) is 0 Å². The third-order valence-electron chi connectivity index (χ3n) is 4.62. The lowest BCUT2D eigenvalue weighted by Gasteiger charge is -2.18. The Morgan fingerprint density at radius 2 is 2.00 bits per heavy atom. The molecule has 1 saturated heterocycles. The summed E-state index contributed by atoms with van der Waals surface area (Å²) in [4.78, 5) is 30.1. The summed E-state index contributed by atoms with van der Waals surface area (Å²) in [6.45, 7) is 2.18. The van der Waals surface area contributed by atoms with Gasteiger partial charge in [0.2, 0.25) is 11.9 Å². The summed E-state index contributed by atoms with van der Waals surface area (Å²) < 4.78 is 1.92. The molecule has 1 aliphatic heterocycles. The van der Waals surface area contributed by atoms with Gasteiger partial charge in [0.25, 0.3) is 5.91 Å². The van der Waals surface area contributed by atoms with Crippen LogP contribution in [-0.4, -0.2) is 52.4 Å². The summed E-state index contributed by atoms with van der Waals surface area (Å²) in [5.41, 5.74) is 1.59. The van der Waals surface area contributed by atoms with Gasteiger partial charge in [0.05, 0.1) is 12.1 Å². The van der Waals surface area contributed by atoms with E-state index in [0.717, 1.165) is 31.4 Å². The summed E-state index contributed by atoms with van der Waals surface area (Å²) >= 11 is 0. The van der Waals surface area contributed by atoms with E-state index in [1.807, 2.05) is 60.1 Å². The van der Waals surface area contributed by atoms with Crippen LogP contribution in [0.5, 0.6) is 0 Å². The number of pyridine rings is 1. The van der Waals surface area contributed by atoms with Gasteiger partial charge in [0.15, 0.2) is 5.82 Å². The maximum atomic E-state index is 12.5. The smallest absolute Gasteiger partial charge is 0.253 e. The zero-order chi connectivity index (χ0) is 18.8. The minimum absolute atomic E-state index is 0.145. The van der Waals surface area contributed by atoms with E-state index in [0.29, 0.717) is 23.3 Å². The van der Waals surface area contributed by atoms with Crippen LogP contribution < -0.4 is 15.1 Å². The molecule has 0 atom stereocenters. The molecule has 8 nitrogen and oxygen atoms in total. The standard InChI is InChI=1S/C19H23N7O/c1-24(2)18-21-16(22-19(23-18)25-8-5-6-9-25)12-20-17(27)14-11-15-7-3-4-10-26(15)13-14/h3-4,7,10-11,13H,5-6,8-9,12H2,1-2H3,(H,20,27). The summed E-state index contributed by atoms with van der Waals surface area (Å²) in [7, 11) is 3.80. The van der Waals surface area contributed by atoms with Crippen molar-refractivity contribution in [2.75, 3.05) is 37.0 Å². The molecule has 8 heteroatoms. The van der Waals surface area contributed by atoms with E-state index in [9.17, 15) is 4.79 Å². The number of carbonyl (C=O) groups excluding carboxylic acids is 1. The van der Waals surface area contributed by atoms with Crippen molar-refractivity contribution in [2.45, 2.75) is 19.4 Å². The van der Waals surface area contributed by atoms with Crippen LogP contribution in [0.1, 0.15) is 29.0 Å². The van der Waals surface area contributed by atoms with Crippen molar-refractivity contribution in [3.05, 3.63) is 48.0 Å². The average molecular weight is 365 g/mol. The number of amides is 1. The number of hydrogen-bond donors (Lipinski definition) is 1. The highest BCUT2D eigenvalue weighted by Gasteiger charge is 2.18. The lowest BCUT2D eigenvalue weighted by molar-refractivity contribution is 0.0950. The van der Waals surface area contributed by atoms with Crippen molar-refractivity contribution in [3.8, 4) is 0 Å². The molecule has 140 valence electrons. The maximum Gasteiger partial charge on any atom is 0.253 e. The van der Waals surface area contributed by atoms with Crippen LogP contribution in [0.2, 0.25) is 0 Å². The van der Waals surface area contributed by atoms with Crippen molar-refractivity contribution in [2.24, 2.45) is 0 Å². The molecule has 1 N–H and O–H groups in total. The molecule has 0 aromatic carbocycles. The predicted octanol–water partition coefficient (Wildman–Crippen LogP) is 1.72. The van der Waals surface area contributed by atoms with Gasteiger partial charge in [-0.1, -0.05) is 6.07 Å². The Morgan fingerprint density at radius 3 is 2.74 bits per heavy atom.